The van der Waals surface area contributed by atoms with E-state index in [9.17, 15) is 0 Å². The Hall–Kier alpha value is -1.36. The quantitative estimate of drug-likeness (QED) is 0.801. The normalized spacial score (nSPS) is 10.3. The summed E-state index contributed by atoms with van der Waals surface area (Å²) in [7, 11) is 1.60. The number of hydrogen-bond acceptors (Lipinski definition) is 3. The second kappa shape index (κ2) is 4.44. The van der Waals surface area contributed by atoms with E-state index >= 15 is 0 Å². The summed E-state index contributed by atoms with van der Waals surface area (Å²) in [5.74, 6) is 0.599. The summed E-state index contributed by atoms with van der Waals surface area (Å²) in [6.07, 6.45) is 5.44. The fourth-order valence-corrected chi connectivity index (χ4v) is 1.53. The Morgan fingerprint density at radius 2 is 2.33 bits per heavy atom. The van der Waals surface area contributed by atoms with Gasteiger partial charge in [0.25, 0.3) is 0 Å². The number of imidazole rings is 1. The fourth-order valence-electron chi connectivity index (χ4n) is 1.25. The first kappa shape index (κ1) is 10.2. The van der Waals surface area contributed by atoms with Gasteiger partial charge in [0.2, 0.25) is 5.88 Å². The van der Waals surface area contributed by atoms with Gasteiger partial charge in [-0.2, -0.15) is 0 Å². The summed E-state index contributed by atoms with van der Waals surface area (Å²) in [4.78, 5) is 8.27. The Bertz CT molecular complexity index is 455. The number of rotatable bonds is 3. The largest absolute Gasteiger partial charge is 0.481 e. The van der Waals surface area contributed by atoms with E-state index in [0.29, 0.717) is 5.88 Å². The van der Waals surface area contributed by atoms with Crippen molar-refractivity contribution in [1.29, 1.82) is 0 Å². The smallest absolute Gasteiger partial charge is 0.215 e. The number of nitrogens with zero attached hydrogens (tertiary/aromatic N) is 3. The Kier molecular flexibility index (Phi) is 3.01. The van der Waals surface area contributed by atoms with Gasteiger partial charge in [0.05, 0.1) is 24.8 Å². The molecule has 0 amide bonds. The highest BCUT2D eigenvalue weighted by Crippen LogP contribution is 2.14. The van der Waals surface area contributed by atoms with Crippen molar-refractivity contribution in [2.45, 2.75) is 5.33 Å². The van der Waals surface area contributed by atoms with Gasteiger partial charge in [0, 0.05) is 23.8 Å². The van der Waals surface area contributed by atoms with E-state index in [-0.39, 0.29) is 0 Å². The Labute approximate surface area is 96.1 Å². The van der Waals surface area contributed by atoms with Crippen molar-refractivity contribution in [3.05, 3.63) is 36.5 Å². The van der Waals surface area contributed by atoms with E-state index in [2.05, 4.69) is 25.9 Å². The van der Waals surface area contributed by atoms with Crippen molar-refractivity contribution in [1.82, 2.24) is 14.5 Å². The second-order valence-electron chi connectivity index (χ2n) is 2.96. The van der Waals surface area contributed by atoms with Crippen molar-refractivity contribution >= 4 is 15.9 Å². The lowest BCUT2D eigenvalue weighted by molar-refractivity contribution is 0.397. The van der Waals surface area contributed by atoms with Gasteiger partial charge >= 0.3 is 0 Å². The van der Waals surface area contributed by atoms with Gasteiger partial charge in [-0.25, -0.2) is 9.97 Å². The van der Waals surface area contributed by atoms with Crippen molar-refractivity contribution < 1.29 is 4.74 Å². The highest BCUT2D eigenvalue weighted by Gasteiger charge is 2.01. The SMILES string of the molecule is COc1cc(-n2cnc(CBr)c2)ccn1. The van der Waals surface area contributed by atoms with Gasteiger partial charge < -0.3 is 9.30 Å². The molecule has 4 nitrogen and oxygen atoms in total. The number of hydrogen-bond donors (Lipinski definition) is 0. The van der Waals surface area contributed by atoms with Gasteiger partial charge in [-0.05, 0) is 6.07 Å². The van der Waals surface area contributed by atoms with E-state index in [1.807, 2.05) is 22.9 Å². The maximum absolute atomic E-state index is 5.06. The van der Waals surface area contributed by atoms with Gasteiger partial charge in [-0.15, -0.1) is 0 Å². The summed E-state index contributed by atoms with van der Waals surface area (Å²) in [6.45, 7) is 0. The molecular formula is C10H10BrN3O. The van der Waals surface area contributed by atoms with Crippen LogP contribution in [0.4, 0.5) is 0 Å². The average Bonchev–Trinajstić information content (AvgIpc) is 2.78. The Morgan fingerprint density at radius 3 is 3.00 bits per heavy atom. The monoisotopic (exact) mass is 267 g/mol. The van der Waals surface area contributed by atoms with Crippen LogP contribution < -0.4 is 4.74 Å². The maximum Gasteiger partial charge on any atom is 0.215 e. The predicted molar refractivity (Wildman–Crippen MR) is 60.5 cm³/mol. The summed E-state index contributed by atoms with van der Waals surface area (Å²) in [5.41, 5.74) is 1.98. The first-order valence-electron chi connectivity index (χ1n) is 4.42. The summed E-state index contributed by atoms with van der Waals surface area (Å²) >= 11 is 3.36. The van der Waals surface area contributed by atoms with Crippen LogP contribution in [0.1, 0.15) is 5.69 Å². The van der Waals surface area contributed by atoms with Crippen LogP contribution in [0.2, 0.25) is 0 Å². The molecule has 5 heteroatoms. The first-order chi connectivity index (χ1) is 7.33. The van der Waals surface area contributed by atoms with E-state index in [0.717, 1.165) is 16.7 Å². The lowest BCUT2D eigenvalue weighted by Crippen LogP contribution is -1.93. The molecule has 0 aromatic carbocycles. The van der Waals surface area contributed by atoms with Gasteiger partial charge in [0.15, 0.2) is 0 Å². The Balaban J connectivity index is 2.35. The molecule has 0 aliphatic carbocycles. The minimum atomic E-state index is 0.599. The zero-order chi connectivity index (χ0) is 10.7. The molecule has 2 aromatic rings. The van der Waals surface area contributed by atoms with Crippen LogP contribution >= 0.6 is 15.9 Å². The Morgan fingerprint density at radius 1 is 1.47 bits per heavy atom. The number of pyridine rings is 1. The summed E-state index contributed by atoms with van der Waals surface area (Å²) in [6, 6.07) is 3.77. The van der Waals surface area contributed by atoms with Crippen LogP contribution in [-0.4, -0.2) is 21.6 Å². The van der Waals surface area contributed by atoms with E-state index in [4.69, 9.17) is 4.74 Å². The molecule has 0 saturated heterocycles. The molecule has 2 rings (SSSR count). The van der Waals surface area contributed by atoms with Crippen LogP contribution in [0, 0.1) is 0 Å². The van der Waals surface area contributed by atoms with E-state index in [1.54, 1.807) is 19.6 Å². The van der Waals surface area contributed by atoms with Crippen LogP contribution in [0.5, 0.6) is 5.88 Å². The molecule has 15 heavy (non-hydrogen) atoms. The predicted octanol–water partition coefficient (Wildman–Crippen LogP) is 2.17. The average molecular weight is 268 g/mol. The third-order valence-electron chi connectivity index (χ3n) is 2.00. The lowest BCUT2D eigenvalue weighted by Gasteiger charge is -2.03. The van der Waals surface area contributed by atoms with Crippen molar-refractivity contribution in [2.24, 2.45) is 0 Å². The van der Waals surface area contributed by atoms with Crippen molar-refractivity contribution in [3.8, 4) is 11.6 Å². The molecule has 0 radical (unpaired) electrons. The van der Waals surface area contributed by atoms with Crippen LogP contribution in [0.15, 0.2) is 30.9 Å². The molecule has 0 saturated carbocycles. The van der Waals surface area contributed by atoms with Crippen LogP contribution in [0.3, 0.4) is 0 Å². The molecule has 0 aliphatic heterocycles. The van der Waals surface area contributed by atoms with Crippen LogP contribution in [-0.2, 0) is 5.33 Å². The van der Waals surface area contributed by atoms with Gasteiger partial charge in [-0.3, -0.25) is 0 Å². The molecule has 0 spiro atoms. The zero-order valence-electron chi connectivity index (χ0n) is 8.22. The van der Waals surface area contributed by atoms with Crippen molar-refractivity contribution in [2.75, 3.05) is 7.11 Å². The van der Waals surface area contributed by atoms with Gasteiger partial charge in [0.1, 0.15) is 0 Å². The molecule has 2 aromatic heterocycles. The highest BCUT2D eigenvalue weighted by molar-refractivity contribution is 9.08. The molecule has 0 unspecified atom stereocenters. The number of alkyl halides is 1. The molecular weight excluding hydrogens is 258 g/mol. The van der Waals surface area contributed by atoms with Gasteiger partial charge in [-0.1, -0.05) is 15.9 Å². The summed E-state index contributed by atoms with van der Waals surface area (Å²) < 4.78 is 6.99. The fraction of sp³-hybridized carbons (Fsp3) is 0.200. The zero-order valence-corrected chi connectivity index (χ0v) is 9.81. The molecule has 0 aliphatic rings. The lowest BCUT2D eigenvalue weighted by atomic mass is 10.4. The molecule has 0 bridgehead atoms. The number of halogens is 1. The molecule has 78 valence electrons. The minimum absolute atomic E-state index is 0.599. The van der Waals surface area contributed by atoms with Crippen molar-refractivity contribution in [3.63, 3.8) is 0 Å². The second-order valence-corrected chi connectivity index (χ2v) is 3.52. The first-order valence-corrected chi connectivity index (χ1v) is 5.55. The standard InChI is InChI=1S/C10H10BrN3O/c1-15-10-4-9(2-3-12-10)14-6-8(5-11)13-7-14/h2-4,6-7H,5H2,1H3. The molecule has 0 fully saturated rings. The number of methoxy groups -OCH3 is 1. The molecule has 0 atom stereocenters. The molecule has 0 N–H and O–H groups in total. The molecule has 2 heterocycles. The third kappa shape index (κ3) is 2.18. The van der Waals surface area contributed by atoms with E-state index in [1.165, 1.54) is 0 Å². The third-order valence-corrected chi connectivity index (χ3v) is 2.57. The highest BCUT2D eigenvalue weighted by atomic mass is 79.9. The van der Waals surface area contributed by atoms with E-state index < -0.39 is 0 Å². The van der Waals surface area contributed by atoms with Crippen LogP contribution in [0.25, 0.3) is 5.69 Å². The number of ether oxygens (including phenoxy) is 1. The maximum atomic E-state index is 5.06. The number of aromatic nitrogens is 3. The minimum Gasteiger partial charge on any atom is -0.481 e. The summed E-state index contributed by atoms with van der Waals surface area (Å²) in [5, 5.41) is 0.752. The topological polar surface area (TPSA) is 39.9 Å².